The molecule has 2 rings (SSSR count). The van der Waals surface area contributed by atoms with Crippen molar-refractivity contribution in [2.45, 2.75) is 32.4 Å². The number of aromatic nitrogens is 1. The molecule has 0 aromatic carbocycles. The molecule has 0 spiro atoms. The Balaban J connectivity index is 2.11. The van der Waals surface area contributed by atoms with Crippen molar-refractivity contribution in [3.8, 4) is 0 Å². The molecule has 0 atom stereocenters. The molecule has 1 aromatic rings. The predicted molar refractivity (Wildman–Crippen MR) is 64.7 cm³/mol. The Labute approximate surface area is 109 Å². The molecule has 1 aliphatic rings. The number of nitrogens with zero attached hydrogens (tertiary/aromatic N) is 1. The van der Waals surface area contributed by atoms with Crippen molar-refractivity contribution >= 4 is 17.4 Å². The molecule has 1 aliphatic carbocycles. The second kappa shape index (κ2) is 4.61. The number of pyridine rings is 1. The lowest BCUT2D eigenvalue weighted by molar-refractivity contribution is -0.137. The maximum absolute atomic E-state index is 12.6. The molecular formula is C12H14ClF3N2. The highest BCUT2D eigenvalue weighted by molar-refractivity contribution is 6.29. The average Bonchev–Trinajstić information content (AvgIpc) is 3.05. The van der Waals surface area contributed by atoms with Gasteiger partial charge in [0.2, 0.25) is 0 Å². The molecule has 0 amide bonds. The smallest absolute Gasteiger partial charge is 0.369 e. The number of alkyl halides is 3. The molecule has 0 radical (unpaired) electrons. The summed E-state index contributed by atoms with van der Waals surface area (Å²) in [5.41, 5.74) is -0.533. The van der Waals surface area contributed by atoms with Crippen LogP contribution in [-0.4, -0.2) is 11.5 Å². The van der Waals surface area contributed by atoms with Gasteiger partial charge < -0.3 is 5.32 Å². The summed E-state index contributed by atoms with van der Waals surface area (Å²) < 4.78 is 37.8. The zero-order chi connectivity index (χ0) is 13.4. The molecule has 0 saturated heterocycles. The maximum atomic E-state index is 12.6. The molecular weight excluding hydrogens is 265 g/mol. The Morgan fingerprint density at radius 1 is 1.39 bits per heavy atom. The van der Waals surface area contributed by atoms with Crippen LogP contribution in [0.25, 0.3) is 0 Å². The summed E-state index contributed by atoms with van der Waals surface area (Å²) in [5.74, 6) is 0.189. The Bertz CT molecular complexity index is 441. The van der Waals surface area contributed by atoms with Crippen molar-refractivity contribution < 1.29 is 13.2 Å². The van der Waals surface area contributed by atoms with Gasteiger partial charge in [-0.15, -0.1) is 0 Å². The van der Waals surface area contributed by atoms with E-state index < -0.39 is 11.7 Å². The largest absolute Gasteiger partial charge is 0.416 e. The van der Waals surface area contributed by atoms with Gasteiger partial charge in [-0.25, -0.2) is 4.98 Å². The highest BCUT2D eigenvalue weighted by Gasteiger charge is 2.40. The molecule has 1 saturated carbocycles. The molecule has 6 heteroatoms. The van der Waals surface area contributed by atoms with Crippen molar-refractivity contribution in [2.75, 3.05) is 11.9 Å². The van der Waals surface area contributed by atoms with E-state index in [0.717, 1.165) is 31.4 Å². The Morgan fingerprint density at radius 2 is 2.06 bits per heavy atom. The fourth-order valence-corrected chi connectivity index (χ4v) is 2.07. The first-order valence-electron chi connectivity index (χ1n) is 5.83. The third-order valence-corrected chi connectivity index (χ3v) is 3.67. The quantitative estimate of drug-likeness (QED) is 0.828. The maximum Gasteiger partial charge on any atom is 0.416 e. The third kappa shape index (κ3) is 3.07. The van der Waals surface area contributed by atoms with E-state index in [0.29, 0.717) is 6.54 Å². The molecule has 18 heavy (non-hydrogen) atoms. The highest BCUT2D eigenvalue weighted by atomic mass is 35.5. The van der Waals surface area contributed by atoms with Crippen molar-refractivity contribution in [1.82, 2.24) is 4.98 Å². The standard InChI is InChI=1S/C12H14ClF3N2/c1-2-11(3-4-11)7-17-10-6-8(12(14,15)16)5-9(13)18-10/h5-6H,2-4,7H2,1H3,(H,17,18). The van der Waals surface area contributed by atoms with E-state index in [2.05, 4.69) is 17.2 Å². The molecule has 0 aliphatic heterocycles. The van der Waals surface area contributed by atoms with Crippen LogP contribution in [0.4, 0.5) is 19.0 Å². The lowest BCUT2D eigenvalue weighted by Crippen LogP contribution is -2.16. The fraction of sp³-hybridized carbons (Fsp3) is 0.583. The van der Waals surface area contributed by atoms with E-state index in [4.69, 9.17) is 11.6 Å². The van der Waals surface area contributed by atoms with Crippen LogP contribution in [0.1, 0.15) is 31.7 Å². The van der Waals surface area contributed by atoms with Crippen molar-refractivity contribution in [2.24, 2.45) is 5.41 Å². The Morgan fingerprint density at radius 3 is 2.56 bits per heavy atom. The molecule has 0 unspecified atom stereocenters. The normalized spacial score (nSPS) is 17.6. The first kappa shape index (κ1) is 13.5. The molecule has 2 nitrogen and oxygen atoms in total. The zero-order valence-corrected chi connectivity index (χ0v) is 10.7. The van der Waals surface area contributed by atoms with Gasteiger partial charge in [0, 0.05) is 6.54 Å². The van der Waals surface area contributed by atoms with Gasteiger partial charge in [-0.3, -0.25) is 0 Å². The lowest BCUT2D eigenvalue weighted by Gasteiger charge is -2.15. The highest BCUT2D eigenvalue weighted by Crippen LogP contribution is 2.48. The van der Waals surface area contributed by atoms with Gasteiger partial charge in [-0.2, -0.15) is 13.2 Å². The molecule has 1 aromatic heterocycles. The van der Waals surface area contributed by atoms with Crippen molar-refractivity contribution in [3.63, 3.8) is 0 Å². The monoisotopic (exact) mass is 278 g/mol. The summed E-state index contributed by atoms with van der Waals surface area (Å²) >= 11 is 5.60. The van der Waals surface area contributed by atoms with Gasteiger partial charge in [0.25, 0.3) is 0 Å². The van der Waals surface area contributed by atoms with Gasteiger partial charge in [0.05, 0.1) is 5.56 Å². The van der Waals surface area contributed by atoms with Crippen LogP contribution < -0.4 is 5.32 Å². The minimum absolute atomic E-state index is 0.145. The van der Waals surface area contributed by atoms with Crippen LogP contribution >= 0.6 is 11.6 Å². The first-order chi connectivity index (χ1) is 8.35. The van der Waals surface area contributed by atoms with Crippen molar-refractivity contribution in [3.05, 3.63) is 22.8 Å². The van der Waals surface area contributed by atoms with E-state index in [-0.39, 0.29) is 16.4 Å². The molecule has 1 heterocycles. The minimum atomic E-state index is -4.40. The predicted octanol–water partition coefficient (Wildman–Crippen LogP) is 4.36. The van der Waals surface area contributed by atoms with E-state index in [9.17, 15) is 13.2 Å². The molecule has 1 fully saturated rings. The molecule has 0 bridgehead atoms. The van der Waals surface area contributed by atoms with Gasteiger partial charge in [-0.1, -0.05) is 18.5 Å². The Hall–Kier alpha value is -0.970. The van der Waals surface area contributed by atoms with E-state index >= 15 is 0 Å². The number of hydrogen-bond donors (Lipinski definition) is 1. The number of nitrogens with one attached hydrogen (secondary N) is 1. The van der Waals surface area contributed by atoms with Crippen LogP contribution in [0.2, 0.25) is 5.15 Å². The minimum Gasteiger partial charge on any atom is -0.369 e. The van der Waals surface area contributed by atoms with E-state index in [1.54, 1.807) is 0 Å². The van der Waals surface area contributed by atoms with Gasteiger partial charge in [0.15, 0.2) is 0 Å². The number of anilines is 1. The van der Waals surface area contributed by atoms with Crippen LogP contribution in [-0.2, 0) is 6.18 Å². The van der Waals surface area contributed by atoms with E-state index in [1.807, 2.05) is 0 Å². The topological polar surface area (TPSA) is 24.9 Å². The fourth-order valence-electron chi connectivity index (χ4n) is 1.86. The van der Waals surface area contributed by atoms with Crippen molar-refractivity contribution in [1.29, 1.82) is 0 Å². The summed E-state index contributed by atoms with van der Waals surface area (Å²) in [4.78, 5) is 3.87. The van der Waals surface area contributed by atoms with Crippen LogP contribution in [0, 0.1) is 5.41 Å². The molecule has 1 N–H and O–H groups in total. The summed E-state index contributed by atoms with van der Waals surface area (Å²) in [6, 6.07) is 1.83. The average molecular weight is 279 g/mol. The number of hydrogen-bond acceptors (Lipinski definition) is 2. The second-order valence-corrected chi connectivity index (χ2v) is 5.16. The van der Waals surface area contributed by atoms with Gasteiger partial charge in [0.1, 0.15) is 11.0 Å². The van der Waals surface area contributed by atoms with Gasteiger partial charge >= 0.3 is 6.18 Å². The van der Waals surface area contributed by atoms with E-state index in [1.165, 1.54) is 0 Å². The summed E-state index contributed by atoms with van der Waals surface area (Å²) in [6.45, 7) is 2.73. The summed E-state index contributed by atoms with van der Waals surface area (Å²) in [7, 11) is 0. The van der Waals surface area contributed by atoms with Crippen LogP contribution in [0.15, 0.2) is 12.1 Å². The lowest BCUT2D eigenvalue weighted by atomic mass is 10.0. The summed E-state index contributed by atoms with van der Waals surface area (Å²) in [5, 5.41) is 2.81. The summed E-state index contributed by atoms with van der Waals surface area (Å²) in [6.07, 6.45) is -1.15. The first-order valence-corrected chi connectivity index (χ1v) is 6.21. The third-order valence-electron chi connectivity index (χ3n) is 3.47. The Kier molecular flexibility index (Phi) is 3.45. The van der Waals surface area contributed by atoms with Crippen LogP contribution in [0.5, 0.6) is 0 Å². The zero-order valence-electron chi connectivity index (χ0n) is 9.94. The molecule has 100 valence electrons. The SMILES string of the molecule is CCC1(CNc2cc(C(F)(F)F)cc(Cl)n2)CC1. The van der Waals surface area contributed by atoms with Gasteiger partial charge in [-0.05, 0) is 36.8 Å². The second-order valence-electron chi connectivity index (χ2n) is 4.77. The number of rotatable bonds is 4. The number of halogens is 4. The van der Waals surface area contributed by atoms with Crippen LogP contribution in [0.3, 0.4) is 0 Å².